The Hall–Kier alpha value is -3.89. The summed E-state index contributed by atoms with van der Waals surface area (Å²) in [5.74, 6) is 0.700. The van der Waals surface area contributed by atoms with E-state index in [2.05, 4.69) is 5.32 Å². The zero-order valence-electron chi connectivity index (χ0n) is 24.0. The molecule has 0 unspecified atom stereocenters. The summed E-state index contributed by atoms with van der Waals surface area (Å²) < 4.78 is 39.6. The molecular weight excluding hydrogens is 554 g/mol. The minimum absolute atomic E-state index is 0.134. The van der Waals surface area contributed by atoms with Crippen LogP contribution < -0.4 is 19.7 Å². The molecule has 1 fully saturated rings. The van der Waals surface area contributed by atoms with Crippen LogP contribution in [0, 0.1) is 0 Å². The minimum Gasteiger partial charge on any atom is -0.497 e. The van der Waals surface area contributed by atoms with Gasteiger partial charge in [0.1, 0.15) is 11.5 Å². The monoisotopic (exact) mass is 591 g/mol. The lowest BCUT2D eigenvalue weighted by Gasteiger charge is -2.33. The first-order valence-corrected chi connectivity index (χ1v) is 15.9. The molecule has 1 heterocycles. The number of hydrogen-bond donors (Lipinski definition) is 1. The molecule has 0 atom stereocenters. The molecule has 3 aromatic rings. The van der Waals surface area contributed by atoms with Gasteiger partial charge in [0.15, 0.2) is 0 Å². The van der Waals surface area contributed by atoms with Crippen molar-refractivity contribution < 1.29 is 27.5 Å². The van der Waals surface area contributed by atoms with E-state index in [-0.39, 0.29) is 23.4 Å². The molecule has 0 spiro atoms. The number of nitrogens with one attached hydrogen (secondary N) is 1. The van der Waals surface area contributed by atoms with E-state index in [9.17, 15) is 18.0 Å². The number of carbonyl (C=O) groups is 2. The first kappa shape index (κ1) is 29.6. The van der Waals surface area contributed by atoms with Crippen LogP contribution in [0.3, 0.4) is 0 Å². The minimum atomic E-state index is -3.93. The van der Waals surface area contributed by atoms with Gasteiger partial charge in [0.2, 0.25) is 15.9 Å². The average molecular weight is 592 g/mol. The van der Waals surface area contributed by atoms with Gasteiger partial charge in [0, 0.05) is 29.5 Å². The highest BCUT2D eigenvalue weighted by atomic mass is 32.2. The van der Waals surface area contributed by atoms with Gasteiger partial charge in [-0.3, -0.25) is 9.59 Å². The van der Waals surface area contributed by atoms with E-state index in [1.54, 1.807) is 60.5 Å². The quantitative estimate of drug-likeness (QED) is 0.345. The SMILES string of the molecule is CCOc1ccc(S(=O)(=O)N(CC(=O)Nc2ccc3c(c2)N(C(=O)c2ccc(OC)cc2)CC3)C2CCCCC2)cc1. The molecule has 2 amide bonds. The van der Waals surface area contributed by atoms with Gasteiger partial charge in [-0.15, -0.1) is 0 Å². The first-order chi connectivity index (χ1) is 20.3. The summed E-state index contributed by atoms with van der Waals surface area (Å²) in [6.07, 6.45) is 5.03. The molecule has 0 saturated heterocycles. The van der Waals surface area contributed by atoms with E-state index < -0.39 is 15.9 Å². The first-order valence-electron chi connectivity index (χ1n) is 14.4. The van der Waals surface area contributed by atoms with Crippen molar-refractivity contribution >= 4 is 33.2 Å². The molecule has 1 aliphatic carbocycles. The van der Waals surface area contributed by atoms with E-state index in [4.69, 9.17) is 9.47 Å². The lowest BCUT2D eigenvalue weighted by molar-refractivity contribution is -0.116. The number of hydrogen-bond acceptors (Lipinski definition) is 6. The van der Waals surface area contributed by atoms with Crippen LogP contribution in [-0.2, 0) is 21.2 Å². The molecule has 1 aliphatic heterocycles. The number of fused-ring (bicyclic) bond motifs is 1. The molecule has 5 rings (SSSR count). The highest BCUT2D eigenvalue weighted by Gasteiger charge is 2.34. The molecule has 1 saturated carbocycles. The number of methoxy groups -OCH3 is 1. The fourth-order valence-electron chi connectivity index (χ4n) is 5.69. The summed E-state index contributed by atoms with van der Waals surface area (Å²) in [4.78, 5) is 28.5. The number of carbonyl (C=O) groups excluding carboxylic acids is 2. The van der Waals surface area contributed by atoms with E-state index in [0.29, 0.717) is 55.2 Å². The summed E-state index contributed by atoms with van der Waals surface area (Å²) in [6.45, 7) is 2.58. The topological polar surface area (TPSA) is 105 Å². The normalized spacial score (nSPS) is 15.4. The maximum Gasteiger partial charge on any atom is 0.258 e. The summed E-state index contributed by atoms with van der Waals surface area (Å²) in [6, 6.07) is 18.5. The van der Waals surface area contributed by atoms with Gasteiger partial charge < -0.3 is 19.7 Å². The van der Waals surface area contributed by atoms with Crippen LogP contribution in [0.2, 0.25) is 0 Å². The smallest absolute Gasteiger partial charge is 0.258 e. The van der Waals surface area contributed by atoms with Crippen molar-refractivity contribution in [3.05, 3.63) is 77.9 Å². The Labute approximate surface area is 247 Å². The summed E-state index contributed by atoms with van der Waals surface area (Å²) >= 11 is 0. The highest BCUT2D eigenvalue weighted by molar-refractivity contribution is 7.89. The fraction of sp³-hybridized carbons (Fsp3) is 0.375. The number of anilines is 2. The molecule has 0 bridgehead atoms. The summed E-state index contributed by atoms with van der Waals surface area (Å²) in [5.41, 5.74) is 2.80. The Morgan fingerprint density at radius 3 is 2.31 bits per heavy atom. The van der Waals surface area contributed by atoms with Crippen molar-refractivity contribution in [2.75, 3.05) is 37.0 Å². The third-order valence-electron chi connectivity index (χ3n) is 7.87. The molecule has 1 N–H and O–H groups in total. The van der Waals surface area contributed by atoms with Gasteiger partial charge in [0.25, 0.3) is 5.91 Å². The van der Waals surface area contributed by atoms with Gasteiger partial charge in [-0.1, -0.05) is 25.3 Å². The largest absolute Gasteiger partial charge is 0.497 e. The molecular formula is C32H37N3O6S. The molecule has 9 nitrogen and oxygen atoms in total. The van der Waals surface area contributed by atoms with Crippen LogP contribution in [0.1, 0.15) is 54.9 Å². The second-order valence-corrected chi connectivity index (χ2v) is 12.5. The maximum atomic E-state index is 13.8. The van der Waals surface area contributed by atoms with Gasteiger partial charge in [-0.2, -0.15) is 4.31 Å². The second-order valence-electron chi connectivity index (χ2n) is 10.6. The predicted molar refractivity (Wildman–Crippen MR) is 162 cm³/mol. The number of sulfonamides is 1. The highest BCUT2D eigenvalue weighted by Crippen LogP contribution is 2.33. The lowest BCUT2D eigenvalue weighted by atomic mass is 9.95. The number of ether oxygens (including phenoxy) is 2. The predicted octanol–water partition coefficient (Wildman–Crippen LogP) is 5.26. The van der Waals surface area contributed by atoms with E-state index >= 15 is 0 Å². The standard InChI is InChI=1S/C32H37N3O6S/c1-3-41-28-15-17-29(18-16-28)42(38,39)35(26-7-5-4-6-8-26)22-31(36)33-25-12-9-23-19-20-34(30(23)21-25)32(37)24-10-13-27(40-2)14-11-24/h9-18,21,26H,3-8,19-20,22H2,1-2H3,(H,33,36). The Balaban J connectivity index is 1.33. The molecule has 0 radical (unpaired) electrons. The maximum absolute atomic E-state index is 13.8. The summed E-state index contributed by atoms with van der Waals surface area (Å²) in [5, 5.41) is 2.89. The second kappa shape index (κ2) is 13.0. The van der Waals surface area contributed by atoms with Crippen molar-refractivity contribution in [3.8, 4) is 11.5 Å². The zero-order valence-corrected chi connectivity index (χ0v) is 24.9. The molecule has 2 aliphatic rings. The van der Waals surface area contributed by atoms with Crippen molar-refractivity contribution in [2.45, 2.75) is 56.4 Å². The number of amides is 2. The summed E-state index contributed by atoms with van der Waals surface area (Å²) in [7, 11) is -2.35. The van der Waals surface area contributed by atoms with Crippen LogP contribution in [0.25, 0.3) is 0 Å². The Morgan fingerprint density at radius 2 is 1.64 bits per heavy atom. The van der Waals surface area contributed by atoms with Crippen molar-refractivity contribution in [2.24, 2.45) is 0 Å². The van der Waals surface area contributed by atoms with Gasteiger partial charge in [0.05, 0.1) is 25.2 Å². The average Bonchev–Trinajstić information content (AvgIpc) is 3.43. The zero-order chi connectivity index (χ0) is 29.7. The lowest BCUT2D eigenvalue weighted by Crippen LogP contribution is -2.45. The van der Waals surface area contributed by atoms with Crippen LogP contribution >= 0.6 is 0 Å². The van der Waals surface area contributed by atoms with Gasteiger partial charge in [-0.05, 0) is 92.4 Å². The van der Waals surface area contributed by atoms with E-state index in [1.807, 2.05) is 13.0 Å². The number of benzene rings is 3. The Morgan fingerprint density at radius 1 is 0.952 bits per heavy atom. The van der Waals surface area contributed by atoms with Crippen LogP contribution in [0.4, 0.5) is 11.4 Å². The van der Waals surface area contributed by atoms with Crippen molar-refractivity contribution in [3.63, 3.8) is 0 Å². The third kappa shape index (κ3) is 6.44. The van der Waals surface area contributed by atoms with Crippen LogP contribution in [-0.4, -0.2) is 57.4 Å². The van der Waals surface area contributed by atoms with Crippen molar-refractivity contribution in [1.82, 2.24) is 4.31 Å². The van der Waals surface area contributed by atoms with E-state index in [1.165, 1.54) is 16.4 Å². The Bertz CT molecular complexity index is 1520. The molecule has 10 heteroatoms. The fourth-order valence-corrected chi connectivity index (χ4v) is 7.33. The Kier molecular flexibility index (Phi) is 9.13. The molecule has 222 valence electrons. The number of rotatable bonds is 10. The molecule has 0 aromatic heterocycles. The van der Waals surface area contributed by atoms with E-state index in [0.717, 1.165) is 30.5 Å². The third-order valence-corrected chi connectivity index (χ3v) is 9.78. The van der Waals surface area contributed by atoms with Gasteiger partial charge in [-0.25, -0.2) is 8.42 Å². The van der Waals surface area contributed by atoms with Crippen LogP contribution in [0.15, 0.2) is 71.6 Å². The molecule has 3 aromatic carbocycles. The van der Waals surface area contributed by atoms with Crippen LogP contribution in [0.5, 0.6) is 11.5 Å². The van der Waals surface area contributed by atoms with Gasteiger partial charge >= 0.3 is 0 Å². The molecule has 42 heavy (non-hydrogen) atoms. The number of nitrogens with zero attached hydrogens (tertiary/aromatic N) is 2. The van der Waals surface area contributed by atoms with Crippen molar-refractivity contribution in [1.29, 1.82) is 0 Å².